The molecule has 138 heavy (non-hydrogen) atoms. The van der Waals surface area contributed by atoms with Gasteiger partial charge in [-0.2, -0.15) is 0 Å². The van der Waals surface area contributed by atoms with Gasteiger partial charge in [0, 0.05) is 77.8 Å². The maximum Gasteiger partial charge on any atom is 0.252 e. The Bertz CT molecular complexity index is 7030. The molecule has 4 heterocycles. The highest BCUT2D eigenvalue weighted by Gasteiger charge is 2.46. The third-order valence-electron chi connectivity index (χ3n) is 26.2. The summed E-state index contributed by atoms with van der Waals surface area (Å²) < 4.78 is 86.4. The van der Waals surface area contributed by atoms with Crippen molar-refractivity contribution in [3.05, 3.63) is 304 Å². The second kappa shape index (κ2) is 35.7. The summed E-state index contributed by atoms with van der Waals surface area (Å²) >= 11 is 0. The predicted octanol–water partition coefficient (Wildman–Crippen LogP) is 36.1. The molecule has 0 saturated carbocycles. The van der Waals surface area contributed by atoms with Gasteiger partial charge in [-0.3, -0.25) is 0 Å². The van der Waals surface area contributed by atoms with Crippen molar-refractivity contribution >= 4 is 101 Å². The molecule has 2 aliphatic rings. The molecule has 2 aliphatic heterocycles. The van der Waals surface area contributed by atoms with Crippen LogP contribution in [0, 0.1) is 59.6 Å². The van der Waals surface area contributed by atoms with Crippen LogP contribution in [0.4, 0.5) is 34.1 Å². The van der Waals surface area contributed by atoms with Crippen LogP contribution in [0.3, 0.4) is 0 Å². The maximum atomic E-state index is 10.2. The summed E-state index contributed by atoms with van der Waals surface area (Å²) in [6, 6.07) is 91.5. The van der Waals surface area contributed by atoms with E-state index >= 15 is 0 Å². The lowest BCUT2D eigenvalue weighted by atomic mass is 9.33. The minimum absolute atomic E-state index is 0.0198. The number of anilines is 6. The number of rotatable bonds is 19. The molecule has 716 valence electrons. The van der Waals surface area contributed by atoms with Crippen LogP contribution in [0.25, 0.3) is 99.5 Å². The first kappa shape index (κ1) is 88.5. The van der Waals surface area contributed by atoms with Gasteiger partial charge in [-0.1, -0.05) is 362 Å². The first-order valence-electron chi connectivity index (χ1n) is 55.2. The van der Waals surface area contributed by atoms with Gasteiger partial charge in [-0.05, 0) is 350 Å². The van der Waals surface area contributed by atoms with Crippen molar-refractivity contribution in [3.8, 4) is 55.9 Å². The fourth-order valence-corrected chi connectivity index (χ4v) is 22.1. The third-order valence-corrected chi connectivity index (χ3v) is 26.2. The molecule has 0 aliphatic carbocycles. The quantitative estimate of drug-likeness (QED) is 0.0750. The van der Waals surface area contributed by atoms with Gasteiger partial charge in [-0.25, -0.2) is 0 Å². The number of aromatic nitrogens is 2. The highest BCUT2D eigenvalue weighted by molar-refractivity contribution is 7.00. The van der Waals surface area contributed by atoms with Crippen molar-refractivity contribution in [1.82, 2.24) is 9.13 Å². The van der Waals surface area contributed by atoms with Crippen LogP contribution in [0.15, 0.2) is 243 Å². The van der Waals surface area contributed by atoms with Crippen LogP contribution in [-0.4, -0.2) is 15.8 Å². The van der Waals surface area contributed by atoms with Crippen LogP contribution in [-0.2, 0) is 70.4 Å². The minimum Gasteiger partial charge on any atom is -0.311 e. The van der Waals surface area contributed by atoms with Crippen molar-refractivity contribution < 1.29 is 11.0 Å². The number of hydrogen-bond acceptors (Lipinski definition) is 2. The second-order valence-electron chi connectivity index (χ2n) is 53.8. The van der Waals surface area contributed by atoms with Crippen molar-refractivity contribution in [3.63, 3.8) is 0 Å². The summed E-state index contributed by atoms with van der Waals surface area (Å²) in [4.78, 5) is 5.23. The Balaban J connectivity index is 1.10. The number of nitrogens with zero attached hydrogens (tertiary/aromatic N) is 4. The molecule has 15 aromatic rings. The first-order chi connectivity index (χ1) is 67.2. The van der Waals surface area contributed by atoms with Gasteiger partial charge in [0.25, 0.3) is 6.71 Å². The van der Waals surface area contributed by atoms with E-state index in [-0.39, 0.29) is 37.9 Å². The average molecular weight is 1830 g/mol. The van der Waals surface area contributed by atoms with Crippen LogP contribution < -0.4 is 26.2 Å². The fraction of sp³-hybridized carbons (Fsp3) is 0.414. The Labute approximate surface area is 843 Å². The zero-order chi connectivity index (χ0) is 107. The average Bonchev–Trinajstić information content (AvgIpc) is 0.769. The minimum atomic E-state index is -1.79. The van der Waals surface area contributed by atoms with Crippen molar-refractivity contribution in [2.75, 3.05) is 9.80 Å². The third kappa shape index (κ3) is 22.3. The maximum absolute atomic E-state index is 10.2. The summed E-state index contributed by atoms with van der Waals surface area (Å²) in [5.74, 6) is 0. The molecule has 5 heteroatoms. The summed E-state index contributed by atoms with van der Waals surface area (Å²) in [6.07, 6.45) is -1.53. The van der Waals surface area contributed by atoms with Crippen LogP contribution in [0.2, 0.25) is 0 Å². The molecule has 17 rings (SSSR count). The molecule has 0 atom stereocenters. The van der Waals surface area contributed by atoms with E-state index in [1.165, 1.54) is 43.8 Å². The van der Waals surface area contributed by atoms with E-state index in [9.17, 15) is 11.0 Å². The second-order valence-corrected chi connectivity index (χ2v) is 53.8. The molecule has 0 N–H and O–H groups in total. The fourth-order valence-electron chi connectivity index (χ4n) is 22.1. The van der Waals surface area contributed by atoms with Crippen LogP contribution >= 0.6 is 0 Å². The summed E-state index contributed by atoms with van der Waals surface area (Å²) in [6.45, 7) is 72.3. The van der Waals surface area contributed by atoms with Crippen LogP contribution in [0.5, 0.6) is 0 Å². The van der Waals surface area contributed by atoms with E-state index in [0.717, 1.165) is 171 Å². The summed E-state index contributed by atoms with van der Waals surface area (Å²) in [5.41, 5.74) is 29.3. The zero-order valence-electron chi connectivity index (χ0n) is 97.9. The molecule has 4 nitrogen and oxygen atoms in total. The number of fused-ring (bicyclic) bond motifs is 10. The van der Waals surface area contributed by atoms with E-state index in [4.69, 9.17) is 0 Å². The van der Waals surface area contributed by atoms with Gasteiger partial charge in [0.2, 0.25) is 0 Å². The van der Waals surface area contributed by atoms with E-state index < -0.39 is 53.9 Å². The van der Waals surface area contributed by atoms with E-state index in [1.54, 1.807) is 0 Å². The molecule has 0 bridgehead atoms. The van der Waals surface area contributed by atoms with Gasteiger partial charge in [0.05, 0.1) is 33.4 Å². The molecule has 0 spiro atoms. The molecule has 2 aromatic heterocycles. The van der Waals surface area contributed by atoms with Gasteiger partial charge in [0.15, 0.2) is 0 Å². The summed E-state index contributed by atoms with van der Waals surface area (Å²) in [7, 11) is 0. The topological polar surface area (TPSA) is 16.3 Å². The molecular weight excluding hydrogens is 1660 g/mol. The molecule has 0 radical (unpaired) electrons. The largest absolute Gasteiger partial charge is 0.311 e. The van der Waals surface area contributed by atoms with Crippen molar-refractivity contribution in [1.29, 1.82) is 0 Å². The molecule has 0 unspecified atom stereocenters. The summed E-state index contributed by atoms with van der Waals surface area (Å²) in [5, 5.41) is 4.80. The first-order valence-corrected chi connectivity index (χ1v) is 51.2. The molecule has 0 saturated heterocycles. The van der Waals surface area contributed by atoms with Crippen molar-refractivity contribution in [2.24, 2.45) is 59.6 Å². The van der Waals surface area contributed by atoms with E-state index in [1.807, 2.05) is 119 Å². The van der Waals surface area contributed by atoms with E-state index in [0.29, 0.717) is 41.5 Å². The van der Waals surface area contributed by atoms with Gasteiger partial charge in [-0.15, -0.1) is 0 Å². The lowest BCUT2D eigenvalue weighted by Gasteiger charge is -2.46. The molecular formula is C133H161BN4. The Kier molecular flexibility index (Phi) is 22.9. The molecule has 0 fully saturated rings. The zero-order valence-corrected chi connectivity index (χ0v) is 89.9. The van der Waals surface area contributed by atoms with Crippen LogP contribution in [0.1, 0.15) is 301 Å². The Morgan fingerprint density at radius 2 is 0.471 bits per heavy atom. The van der Waals surface area contributed by atoms with Gasteiger partial charge in [0.1, 0.15) is 0 Å². The van der Waals surface area contributed by atoms with Crippen molar-refractivity contribution in [2.45, 2.75) is 299 Å². The smallest absolute Gasteiger partial charge is 0.252 e. The lowest BCUT2D eigenvalue weighted by molar-refractivity contribution is 0.410. The molecule has 0 amide bonds. The lowest BCUT2D eigenvalue weighted by Crippen LogP contribution is -2.61. The predicted molar refractivity (Wildman–Crippen MR) is 606 cm³/mol. The van der Waals surface area contributed by atoms with E-state index in [2.05, 4.69) is 371 Å². The standard InChI is InChI=1S/C133H161BN4/c1-123(2,3)74-85-38-34-42-94(58-85)102-72-116(104(68-98(102)83-132(28,29)30)96-44-36-40-87(60-96)76-125(7,8)9)137-118-70-100(135-112-54-46-89(78-127(13,14)15)62-106(112)107-63-90(47-55-113(107)135)79-128(16,17)18)50-52-110(118)134-111-53-51-101(136-114-56-48-91(80-129(19,20)21)64-108(114)109-65-92(49-57-115(109)136)81-130(22,23)24)71-119(111)138(121-67-93(82-131(25,26)27)66-120(137)122(121)134)117-73-103(95-43-35-39-86(59-95)75-124(4,5)6)99(84-133(31,32)33)69-105(117)97-45-37-41-88(61-97)77-126(10,11)12/h34-73H,74-84H2,1-33H3/i74D2,75D2,76D2,77D2. The highest BCUT2D eigenvalue weighted by atomic mass is 15.2. The number of benzene rings is 13. The normalized spacial score (nSPS) is 15.1. The Morgan fingerprint density at radius 3 is 0.732 bits per heavy atom. The molecule has 13 aromatic carbocycles. The Morgan fingerprint density at radius 1 is 0.210 bits per heavy atom. The Hall–Kier alpha value is -10.9. The monoisotopic (exact) mass is 1830 g/mol. The van der Waals surface area contributed by atoms with Gasteiger partial charge >= 0.3 is 0 Å². The highest BCUT2D eigenvalue weighted by Crippen LogP contribution is 2.55. The number of hydrogen-bond donors (Lipinski definition) is 0. The SMILES string of the molecule is [2H]C([2H])(c1cccc(-c2cc(N3c4cc(-n5c6ccc(CC(C)(C)C)cc6c6cc(CC(C)(C)C)ccc65)ccc4B4c5ccc(-n6c7ccc(CC(C)(C)C)cc7c7cc(CC(C)(C)C)ccc76)cc5N(c5cc(-c6cccc(C([2H])([2H])C(C)(C)C)c6)c(CC(C)(C)C)cc5-c5cccc(C([2H])([2H])C(C)(C)C)c5)c5cc(CC(C)(C)C)cc3c54)c(-c3cccc(C([2H])([2H])C(C)(C)C)c3)cc2CC(C)(C)C)c1)C(C)(C)C. The van der Waals surface area contributed by atoms with Gasteiger partial charge < -0.3 is 18.9 Å².